The Hall–Kier alpha value is -1.95. The minimum Gasteiger partial charge on any atom is -0.486 e. The van der Waals surface area contributed by atoms with Gasteiger partial charge >= 0.3 is 5.97 Å². The molecular formula is C15H18ClNO5. The van der Waals surface area contributed by atoms with Crippen LogP contribution in [0.4, 0.5) is 0 Å². The molecule has 1 heterocycles. The van der Waals surface area contributed by atoms with Crippen molar-refractivity contribution in [1.82, 2.24) is 5.32 Å². The maximum Gasteiger partial charge on any atom is 0.303 e. The van der Waals surface area contributed by atoms with Gasteiger partial charge in [-0.3, -0.25) is 9.59 Å². The molecule has 6 nitrogen and oxygen atoms in total. The number of carboxylic acid groups (broad SMARTS) is 1. The van der Waals surface area contributed by atoms with Crippen molar-refractivity contribution < 1.29 is 24.2 Å². The largest absolute Gasteiger partial charge is 0.486 e. The summed E-state index contributed by atoms with van der Waals surface area (Å²) in [5, 5.41) is 12.0. The number of ether oxygens (including phenoxy) is 2. The van der Waals surface area contributed by atoms with Gasteiger partial charge < -0.3 is 19.9 Å². The number of carboxylic acids is 1. The van der Waals surface area contributed by atoms with Crippen molar-refractivity contribution >= 4 is 23.5 Å². The molecule has 0 fully saturated rings. The third-order valence-electron chi connectivity index (χ3n) is 3.21. The van der Waals surface area contributed by atoms with Crippen molar-refractivity contribution in [2.45, 2.75) is 20.3 Å². The Balaban J connectivity index is 2.13. The van der Waals surface area contributed by atoms with Crippen LogP contribution >= 0.6 is 11.6 Å². The molecular weight excluding hydrogens is 310 g/mol. The minimum absolute atomic E-state index is 0.0411. The van der Waals surface area contributed by atoms with Crippen molar-refractivity contribution in [1.29, 1.82) is 0 Å². The first kappa shape index (κ1) is 16.4. The van der Waals surface area contributed by atoms with Crippen LogP contribution in [0.15, 0.2) is 12.1 Å². The number of halogens is 1. The van der Waals surface area contributed by atoms with Crippen molar-refractivity contribution in [3.8, 4) is 11.5 Å². The molecule has 0 saturated heterocycles. The van der Waals surface area contributed by atoms with Crippen LogP contribution in [0, 0.1) is 5.41 Å². The summed E-state index contributed by atoms with van der Waals surface area (Å²) in [7, 11) is 0. The topological polar surface area (TPSA) is 84.9 Å². The number of nitrogens with one attached hydrogen (secondary N) is 1. The van der Waals surface area contributed by atoms with Gasteiger partial charge in [-0.15, -0.1) is 0 Å². The first-order valence-electron chi connectivity index (χ1n) is 6.88. The fourth-order valence-electron chi connectivity index (χ4n) is 2.18. The summed E-state index contributed by atoms with van der Waals surface area (Å²) in [4.78, 5) is 23.1. The third-order valence-corrected chi connectivity index (χ3v) is 3.43. The van der Waals surface area contributed by atoms with Gasteiger partial charge in [0.05, 0.1) is 12.0 Å². The first-order chi connectivity index (χ1) is 10.3. The molecule has 7 heteroatoms. The molecule has 120 valence electrons. The number of aliphatic carboxylic acids is 1. The lowest BCUT2D eigenvalue weighted by Gasteiger charge is -2.24. The van der Waals surface area contributed by atoms with Gasteiger partial charge in [-0.2, -0.15) is 0 Å². The molecule has 22 heavy (non-hydrogen) atoms. The van der Waals surface area contributed by atoms with E-state index in [1.807, 2.05) is 0 Å². The summed E-state index contributed by atoms with van der Waals surface area (Å²) >= 11 is 5.99. The fraction of sp³-hybridized carbons (Fsp3) is 0.467. The molecule has 1 aliphatic rings. The van der Waals surface area contributed by atoms with Gasteiger partial charge in [0.2, 0.25) is 0 Å². The lowest BCUT2D eigenvalue weighted by Crippen LogP contribution is -2.35. The summed E-state index contributed by atoms with van der Waals surface area (Å²) < 4.78 is 10.9. The van der Waals surface area contributed by atoms with Crippen molar-refractivity contribution in [3.63, 3.8) is 0 Å². The van der Waals surface area contributed by atoms with E-state index in [2.05, 4.69) is 5.32 Å². The van der Waals surface area contributed by atoms with E-state index in [0.29, 0.717) is 29.7 Å². The molecule has 0 unspecified atom stereocenters. The first-order valence-corrected chi connectivity index (χ1v) is 7.25. The quantitative estimate of drug-likeness (QED) is 0.867. The zero-order valence-corrected chi connectivity index (χ0v) is 13.2. The van der Waals surface area contributed by atoms with Crippen LogP contribution in [0.2, 0.25) is 5.02 Å². The number of carbonyl (C=O) groups is 2. The van der Waals surface area contributed by atoms with Crippen LogP contribution in [0.3, 0.4) is 0 Å². The highest BCUT2D eigenvalue weighted by Crippen LogP contribution is 2.36. The summed E-state index contributed by atoms with van der Waals surface area (Å²) in [5.41, 5.74) is -0.273. The van der Waals surface area contributed by atoms with Crippen molar-refractivity contribution in [2.75, 3.05) is 19.8 Å². The van der Waals surface area contributed by atoms with Crippen LogP contribution in [-0.4, -0.2) is 36.7 Å². The summed E-state index contributed by atoms with van der Waals surface area (Å²) in [6.45, 7) is 4.53. The molecule has 1 aromatic rings. The number of hydrogen-bond donors (Lipinski definition) is 2. The second kappa shape index (κ2) is 6.44. The zero-order chi connectivity index (χ0) is 16.3. The van der Waals surface area contributed by atoms with E-state index in [0.717, 1.165) is 0 Å². The summed E-state index contributed by atoms with van der Waals surface area (Å²) in [6.07, 6.45) is -0.0411. The maximum absolute atomic E-state index is 12.3. The van der Waals surface area contributed by atoms with E-state index in [9.17, 15) is 9.59 Å². The second-order valence-corrected chi connectivity index (χ2v) is 6.33. The predicted octanol–water partition coefficient (Wildman–Crippen LogP) is 2.34. The van der Waals surface area contributed by atoms with Crippen LogP contribution in [0.5, 0.6) is 11.5 Å². The van der Waals surface area contributed by atoms with Crippen LogP contribution < -0.4 is 14.8 Å². The third kappa shape index (κ3) is 4.04. The van der Waals surface area contributed by atoms with Gasteiger partial charge in [-0.1, -0.05) is 25.4 Å². The van der Waals surface area contributed by atoms with Gasteiger partial charge in [0, 0.05) is 17.6 Å². The van der Waals surface area contributed by atoms with Crippen molar-refractivity contribution in [3.05, 3.63) is 22.7 Å². The van der Waals surface area contributed by atoms with E-state index in [1.165, 1.54) is 6.07 Å². The molecule has 0 spiro atoms. The molecule has 0 atom stereocenters. The highest BCUT2D eigenvalue weighted by atomic mass is 35.5. The number of amides is 1. The van der Waals surface area contributed by atoms with Crippen molar-refractivity contribution in [2.24, 2.45) is 5.41 Å². The van der Waals surface area contributed by atoms with Crippen LogP contribution in [0.25, 0.3) is 0 Å². The molecule has 0 bridgehead atoms. The van der Waals surface area contributed by atoms with Crippen LogP contribution in [0.1, 0.15) is 30.6 Å². The predicted molar refractivity (Wildman–Crippen MR) is 80.8 cm³/mol. The van der Waals surface area contributed by atoms with Gasteiger partial charge in [0.1, 0.15) is 13.2 Å². The zero-order valence-electron chi connectivity index (χ0n) is 12.4. The Morgan fingerprint density at radius 1 is 1.32 bits per heavy atom. The summed E-state index contributed by atoms with van der Waals surface area (Å²) in [5.74, 6) is -0.475. The van der Waals surface area contributed by atoms with E-state index in [4.69, 9.17) is 26.2 Å². The van der Waals surface area contributed by atoms with E-state index in [-0.39, 0.29) is 24.4 Å². The normalized spacial score (nSPS) is 13.6. The van der Waals surface area contributed by atoms with E-state index in [1.54, 1.807) is 19.9 Å². The standard InChI is InChI=1S/C15H18ClNO5/c1-15(2,7-12(18)19)8-17-14(20)10-5-9(16)6-11-13(10)22-4-3-21-11/h5-6H,3-4,7-8H2,1-2H3,(H,17,20)(H,18,19). The van der Waals surface area contributed by atoms with E-state index >= 15 is 0 Å². The van der Waals surface area contributed by atoms with Gasteiger partial charge in [0.15, 0.2) is 11.5 Å². The average Bonchev–Trinajstić information content (AvgIpc) is 2.42. The SMILES string of the molecule is CC(C)(CNC(=O)c1cc(Cl)cc2c1OCCO2)CC(=O)O. The molecule has 1 amide bonds. The Morgan fingerprint density at radius 2 is 2.00 bits per heavy atom. The Kier molecular flexibility index (Phi) is 4.81. The number of fused-ring (bicyclic) bond motifs is 1. The maximum atomic E-state index is 12.3. The van der Waals surface area contributed by atoms with Gasteiger partial charge in [0.25, 0.3) is 5.91 Å². The molecule has 0 radical (unpaired) electrons. The Bertz CT molecular complexity index is 600. The fourth-order valence-corrected chi connectivity index (χ4v) is 2.38. The number of rotatable bonds is 5. The number of carbonyl (C=O) groups excluding carboxylic acids is 1. The molecule has 0 aliphatic carbocycles. The molecule has 1 aromatic carbocycles. The van der Waals surface area contributed by atoms with Crippen LogP contribution in [-0.2, 0) is 4.79 Å². The van der Waals surface area contributed by atoms with E-state index < -0.39 is 11.4 Å². The molecule has 2 rings (SSSR count). The van der Waals surface area contributed by atoms with Gasteiger partial charge in [-0.25, -0.2) is 0 Å². The lowest BCUT2D eigenvalue weighted by atomic mass is 9.89. The Labute approximate surface area is 133 Å². The number of hydrogen-bond acceptors (Lipinski definition) is 4. The second-order valence-electron chi connectivity index (χ2n) is 5.89. The summed E-state index contributed by atoms with van der Waals surface area (Å²) in [6, 6.07) is 3.11. The minimum atomic E-state index is -0.906. The molecule has 2 N–H and O–H groups in total. The molecule has 0 saturated carbocycles. The Morgan fingerprint density at radius 3 is 2.68 bits per heavy atom. The highest BCUT2D eigenvalue weighted by Gasteiger charge is 2.25. The molecule has 1 aliphatic heterocycles. The highest BCUT2D eigenvalue weighted by molar-refractivity contribution is 6.31. The average molecular weight is 328 g/mol. The monoisotopic (exact) mass is 327 g/mol. The molecule has 0 aromatic heterocycles. The number of benzene rings is 1. The van der Waals surface area contributed by atoms with Gasteiger partial charge in [-0.05, 0) is 11.5 Å². The lowest BCUT2D eigenvalue weighted by molar-refractivity contribution is -0.139. The smallest absolute Gasteiger partial charge is 0.303 e.